The van der Waals surface area contributed by atoms with Crippen molar-refractivity contribution in [1.82, 2.24) is 9.97 Å². The molecule has 0 N–H and O–H groups in total. The molecule has 1 heterocycles. The minimum Gasteiger partial charge on any atom is -0.421 e. The molecular weight excluding hydrogens is 390 g/mol. The average molecular weight is 395 g/mol. The molecule has 0 aliphatic carbocycles. The first-order valence-corrected chi connectivity index (χ1v) is 6.13. The van der Waals surface area contributed by atoms with Crippen molar-refractivity contribution >= 4 is 38.5 Å². The van der Waals surface area contributed by atoms with E-state index in [-0.39, 0.29) is 11.8 Å². The maximum absolute atomic E-state index is 13.4. The van der Waals surface area contributed by atoms with Gasteiger partial charge in [0.2, 0.25) is 0 Å². The summed E-state index contributed by atoms with van der Waals surface area (Å²) in [5, 5.41) is 0. The number of nitrogens with zero attached hydrogens (tertiary/aromatic N) is 2. The van der Waals surface area contributed by atoms with Gasteiger partial charge in [-0.25, -0.2) is 14.4 Å². The lowest BCUT2D eigenvalue weighted by Gasteiger charge is -2.04. The zero-order valence-electron chi connectivity index (χ0n) is 7.82. The number of benzene rings is 1. The van der Waals surface area contributed by atoms with Gasteiger partial charge < -0.3 is 4.74 Å². The van der Waals surface area contributed by atoms with Crippen LogP contribution in [0.1, 0.15) is 0 Å². The van der Waals surface area contributed by atoms with Crippen LogP contribution in [0.5, 0.6) is 11.8 Å². The van der Waals surface area contributed by atoms with Crippen LogP contribution >= 0.6 is 38.5 Å². The van der Waals surface area contributed by atoms with Crippen LogP contribution in [-0.2, 0) is 0 Å². The van der Waals surface area contributed by atoms with E-state index in [1.165, 1.54) is 12.1 Å². The molecule has 3 nitrogen and oxygen atoms in total. The quantitative estimate of drug-likeness (QED) is 0.727. The fourth-order valence-electron chi connectivity index (χ4n) is 1.01. The van der Waals surface area contributed by atoms with Gasteiger partial charge in [-0.1, -0.05) is 15.9 Å². The Morgan fingerprint density at radius 3 is 2.56 bits per heavy atom. The molecule has 0 saturated carbocycles. The van der Waals surface area contributed by atoms with Gasteiger partial charge >= 0.3 is 6.01 Å². The summed E-state index contributed by atoms with van der Waals surface area (Å²) in [6.45, 7) is 0. The summed E-state index contributed by atoms with van der Waals surface area (Å²) in [5.74, 6) is -0.360. The molecule has 0 atom stereocenters. The summed E-state index contributed by atoms with van der Waals surface area (Å²) in [7, 11) is 0. The minimum absolute atomic E-state index is 0.101. The van der Waals surface area contributed by atoms with Crippen molar-refractivity contribution in [2.75, 3.05) is 0 Å². The molecule has 0 unspecified atom stereocenters. The fraction of sp³-hybridized carbons (Fsp3) is 0. The number of hydrogen-bond donors (Lipinski definition) is 0. The van der Waals surface area contributed by atoms with Crippen LogP contribution in [0.2, 0.25) is 0 Å². The standard InChI is InChI=1S/C10H5BrFIN2O/c11-6-1-2-9(8(12)3-6)16-10-14-4-7(13)5-15-10/h1-5H. The number of halogens is 3. The van der Waals surface area contributed by atoms with Gasteiger partial charge in [0.1, 0.15) is 0 Å². The van der Waals surface area contributed by atoms with Crippen LogP contribution < -0.4 is 4.74 Å². The maximum atomic E-state index is 13.4. The highest BCUT2D eigenvalue weighted by atomic mass is 127. The number of aromatic nitrogens is 2. The molecule has 1 aromatic heterocycles. The molecule has 0 aliphatic rings. The van der Waals surface area contributed by atoms with Crippen LogP contribution in [0, 0.1) is 9.39 Å². The smallest absolute Gasteiger partial charge is 0.322 e. The van der Waals surface area contributed by atoms with E-state index in [1.54, 1.807) is 18.5 Å². The highest BCUT2D eigenvalue weighted by Gasteiger charge is 2.06. The van der Waals surface area contributed by atoms with E-state index < -0.39 is 5.82 Å². The second kappa shape index (κ2) is 5.05. The summed E-state index contributed by atoms with van der Waals surface area (Å²) in [4.78, 5) is 7.84. The molecule has 0 radical (unpaired) electrons. The third kappa shape index (κ3) is 2.88. The Morgan fingerprint density at radius 1 is 1.25 bits per heavy atom. The summed E-state index contributed by atoms with van der Waals surface area (Å²) in [5.41, 5.74) is 0. The number of hydrogen-bond acceptors (Lipinski definition) is 3. The third-order valence-electron chi connectivity index (χ3n) is 1.69. The predicted octanol–water partition coefficient (Wildman–Crippen LogP) is 3.78. The Kier molecular flexibility index (Phi) is 3.70. The molecule has 0 amide bonds. The van der Waals surface area contributed by atoms with Gasteiger partial charge in [0.25, 0.3) is 0 Å². The van der Waals surface area contributed by atoms with E-state index in [9.17, 15) is 4.39 Å². The molecule has 6 heteroatoms. The van der Waals surface area contributed by atoms with E-state index in [0.717, 1.165) is 3.57 Å². The lowest BCUT2D eigenvalue weighted by atomic mass is 10.3. The first-order valence-electron chi connectivity index (χ1n) is 4.25. The molecule has 0 aliphatic heterocycles. The van der Waals surface area contributed by atoms with Gasteiger partial charge in [-0.15, -0.1) is 0 Å². The highest BCUT2D eigenvalue weighted by molar-refractivity contribution is 14.1. The van der Waals surface area contributed by atoms with Crippen molar-refractivity contribution in [2.45, 2.75) is 0 Å². The van der Waals surface area contributed by atoms with E-state index in [4.69, 9.17) is 4.74 Å². The molecule has 0 fully saturated rings. The molecule has 0 saturated heterocycles. The predicted molar refractivity (Wildman–Crippen MR) is 68.9 cm³/mol. The lowest BCUT2D eigenvalue weighted by molar-refractivity contribution is 0.410. The molecule has 1 aromatic carbocycles. The summed E-state index contributed by atoms with van der Waals surface area (Å²) < 4.78 is 20.1. The normalized spacial score (nSPS) is 10.2. The summed E-state index contributed by atoms with van der Waals surface area (Å²) in [6, 6.07) is 4.65. The Labute approximate surface area is 113 Å². The van der Waals surface area contributed by atoms with E-state index >= 15 is 0 Å². The van der Waals surface area contributed by atoms with Crippen LogP contribution in [0.4, 0.5) is 4.39 Å². The maximum Gasteiger partial charge on any atom is 0.322 e. The molecule has 0 bridgehead atoms. The average Bonchev–Trinajstić information content (AvgIpc) is 2.25. The van der Waals surface area contributed by atoms with Crippen molar-refractivity contribution in [3.63, 3.8) is 0 Å². The lowest BCUT2D eigenvalue weighted by Crippen LogP contribution is -1.93. The van der Waals surface area contributed by atoms with Crippen LogP contribution in [-0.4, -0.2) is 9.97 Å². The van der Waals surface area contributed by atoms with Crippen LogP contribution in [0.15, 0.2) is 35.1 Å². The fourth-order valence-corrected chi connectivity index (χ4v) is 1.62. The Balaban J connectivity index is 2.23. The number of rotatable bonds is 2. The zero-order valence-corrected chi connectivity index (χ0v) is 11.6. The van der Waals surface area contributed by atoms with E-state index in [1.807, 2.05) is 0 Å². The van der Waals surface area contributed by atoms with Gasteiger partial charge in [0.15, 0.2) is 11.6 Å². The largest absolute Gasteiger partial charge is 0.421 e. The van der Waals surface area contributed by atoms with E-state index in [2.05, 4.69) is 48.5 Å². The van der Waals surface area contributed by atoms with Gasteiger partial charge in [-0.3, -0.25) is 0 Å². The Morgan fingerprint density at radius 2 is 1.94 bits per heavy atom. The van der Waals surface area contributed by atoms with Gasteiger partial charge in [-0.05, 0) is 40.8 Å². The molecule has 0 spiro atoms. The third-order valence-corrected chi connectivity index (χ3v) is 2.74. The first-order chi connectivity index (χ1) is 7.65. The SMILES string of the molecule is Fc1cc(Br)ccc1Oc1ncc(I)cn1. The van der Waals surface area contributed by atoms with Crippen molar-refractivity contribution in [1.29, 1.82) is 0 Å². The monoisotopic (exact) mass is 394 g/mol. The summed E-state index contributed by atoms with van der Waals surface area (Å²) >= 11 is 5.24. The molecule has 2 rings (SSSR count). The molecule has 16 heavy (non-hydrogen) atoms. The topological polar surface area (TPSA) is 35.0 Å². The Bertz CT molecular complexity index is 507. The van der Waals surface area contributed by atoms with Crippen LogP contribution in [0.3, 0.4) is 0 Å². The first kappa shape index (κ1) is 11.7. The minimum atomic E-state index is -0.462. The van der Waals surface area contributed by atoms with Crippen molar-refractivity contribution in [3.05, 3.63) is 44.5 Å². The second-order valence-corrected chi connectivity index (χ2v) is 5.02. The van der Waals surface area contributed by atoms with Gasteiger partial charge in [0, 0.05) is 20.4 Å². The second-order valence-electron chi connectivity index (χ2n) is 2.86. The number of ether oxygens (including phenoxy) is 1. The zero-order chi connectivity index (χ0) is 11.5. The van der Waals surface area contributed by atoms with Crippen molar-refractivity contribution < 1.29 is 9.13 Å². The van der Waals surface area contributed by atoms with Crippen LogP contribution in [0.25, 0.3) is 0 Å². The summed E-state index contributed by atoms with van der Waals surface area (Å²) in [6.07, 6.45) is 3.19. The van der Waals surface area contributed by atoms with Crippen molar-refractivity contribution in [3.8, 4) is 11.8 Å². The van der Waals surface area contributed by atoms with Gasteiger partial charge in [-0.2, -0.15) is 0 Å². The van der Waals surface area contributed by atoms with Gasteiger partial charge in [0.05, 0.1) is 0 Å². The molecule has 2 aromatic rings. The molecule has 82 valence electrons. The van der Waals surface area contributed by atoms with E-state index in [0.29, 0.717) is 4.47 Å². The van der Waals surface area contributed by atoms with Crippen molar-refractivity contribution in [2.24, 2.45) is 0 Å². The highest BCUT2D eigenvalue weighted by Crippen LogP contribution is 2.24. The molecular formula is C10H5BrFIN2O. The Hall–Kier alpha value is -0.760.